The normalized spacial score (nSPS) is 11.4. The van der Waals surface area contributed by atoms with Gasteiger partial charge in [-0.05, 0) is 36.2 Å². The lowest BCUT2D eigenvalue weighted by molar-refractivity contribution is 0.581. The molecule has 1 aromatic heterocycles. The Hall–Kier alpha value is -1.92. The Labute approximate surface area is 112 Å². The summed E-state index contributed by atoms with van der Waals surface area (Å²) in [5.41, 5.74) is 7.73. The van der Waals surface area contributed by atoms with Gasteiger partial charge in [-0.15, -0.1) is 0 Å². The van der Waals surface area contributed by atoms with Crippen LogP contribution in [0.5, 0.6) is 0 Å². The van der Waals surface area contributed by atoms with E-state index in [1.165, 1.54) is 6.07 Å². The molecule has 0 amide bonds. The lowest BCUT2D eigenvalue weighted by Crippen LogP contribution is -2.24. The average Bonchev–Trinajstić information content (AvgIpc) is 2.38. The molecule has 0 unspecified atom stereocenters. The summed E-state index contributed by atoms with van der Waals surface area (Å²) in [6.45, 7) is 2.10. The van der Waals surface area contributed by atoms with Crippen molar-refractivity contribution in [1.82, 2.24) is 9.71 Å². The van der Waals surface area contributed by atoms with Gasteiger partial charge < -0.3 is 5.73 Å². The summed E-state index contributed by atoms with van der Waals surface area (Å²) in [7, 11) is -3.61. The zero-order valence-corrected chi connectivity index (χ0v) is 11.3. The summed E-state index contributed by atoms with van der Waals surface area (Å²) in [5, 5.41) is 0. The maximum absolute atomic E-state index is 12.1. The van der Waals surface area contributed by atoms with Gasteiger partial charge in [-0.3, -0.25) is 4.98 Å². The van der Waals surface area contributed by atoms with Gasteiger partial charge >= 0.3 is 0 Å². The van der Waals surface area contributed by atoms with E-state index < -0.39 is 10.0 Å². The van der Waals surface area contributed by atoms with Crippen LogP contribution in [0.4, 0.5) is 5.69 Å². The van der Waals surface area contributed by atoms with Crippen LogP contribution in [0.2, 0.25) is 0 Å². The molecule has 2 aromatic rings. The fourth-order valence-corrected chi connectivity index (χ4v) is 2.79. The molecule has 0 aliphatic rings. The van der Waals surface area contributed by atoms with Crippen molar-refractivity contribution in [2.24, 2.45) is 0 Å². The second-order valence-corrected chi connectivity index (χ2v) is 5.90. The Bertz CT molecular complexity index is 684. The number of nitrogens with one attached hydrogen (secondary N) is 1. The van der Waals surface area contributed by atoms with Crippen molar-refractivity contribution < 1.29 is 8.42 Å². The van der Waals surface area contributed by atoms with E-state index in [0.29, 0.717) is 0 Å². The predicted molar refractivity (Wildman–Crippen MR) is 73.9 cm³/mol. The zero-order chi connectivity index (χ0) is 13.9. The van der Waals surface area contributed by atoms with Gasteiger partial charge in [0.05, 0.1) is 5.69 Å². The Kier molecular flexibility index (Phi) is 3.82. The Morgan fingerprint density at radius 3 is 2.68 bits per heavy atom. The van der Waals surface area contributed by atoms with E-state index in [9.17, 15) is 8.42 Å². The lowest BCUT2D eigenvalue weighted by Gasteiger charge is -2.10. The van der Waals surface area contributed by atoms with Crippen LogP contribution < -0.4 is 10.5 Å². The predicted octanol–water partition coefficient (Wildman–Crippen LogP) is 1.45. The molecule has 19 heavy (non-hydrogen) atoms. The highest BCUT2D eigenvalue weighted by Gasteiger charge is 2.16. The molecular formula is C13H15N3O2S. The number of para-hydroxylation sites is 1. The Morgan fingerprint density at radius 2 is 2.00 bits per heavy atom. The number of pyridine rings is 1. The van der Waals surface area contributed by atoms with Gasteiger partial charge in [0.15, 0.2) is 0 Å². The van der Waals surface area contributed by atoms with Gasteiger partial charge in [-0.2, -0.15) is 0 Å². The van der Waals surface area contributed by atoms with Gasteiger partial charge in [-0.25, -0.2) is 13.1 Å². The van der Waals surface area contributed by atoms with Crippen molar-refractivity contribution in [3.05, 3.63) is 53.9 Å². The molecule has 0 aliphatic heterocycles. The number of anilines is 1. The SMILES string of the molecule is Cc1ccncc1CNS(=O)(=O)c1ccccc1N. The standard InChI is InChI=1S/C13H15N3O2S/c1-10-6-7-15-8-11(10)9-16-19(17,18)13-5-3-2-4-12(13)14/h2-8,16H,9,14H2,1H3. The number of rotatable bonds is 4. The molecule has 0 spiro atoms. The number of nitrogens with zero attached hydrogens (tertiary/aromatic N) is 1. The molecule has 0 atom stereocenters. The van der Waals surface area contributed by atoms with Crippen molar-refractivity contribution in [3.8, 4) is 0 Å². The van der Waals surface area contributed by atoms with Crippen molar-refractivity contribution in [1.29, 1.82) is 0 Å². The highest BCUT2D eigenvalue weighted by atomic mass is 32.2. The summed E-state index contributed by atoms with van der Waals surface area (Å²) >= 11 is 0. The first-order valence-electron chi connectivity index (χ1n) is 5.74. The summed E-state index contributed by atoms with van der Waals surface area (Å²) < 4.78 is 26.8. The van der Waals surface area contributed by atoms with Gasteiger partial charge in [0, 0.05) is 18.9 Å². The summed E-state index contributed by atoms with van der Waals surface area (Å²) in [5.74, 6) is 0. The number of nitrogen functional groups attached to an aromatic ring is 1. The topological polar surface area (TPSA) is 85.1 Å². The minimum atomic E-state index is -3.61. The molecular weight excluding hydrogens is 262 g/mol. The molecule has 5 nitrogen and oxygen atoms in total. The quantitative estimate of drug-likeness (QED) is 0.828. The number of hydrogen-bond donors (Lipinski definition) is 2. The van der Waals surface area contributed by atoms with Crippen molar-refractivity contribution in [3.63, 3.8) is 0 Å². The van der Waals surface area contributed by atoms with Crippen LogP contribution in [0.1, 0.15) is 11.1 Å². The molecule has 1 heterocycles. The van der Waals surface area contributed by atoms with Gasteiger partial charge in [0.1, 0.15) is 4.90 Å². The Morgan fingerprint density at radius 1 is 1.26 bits per heavy atom. The average molecular weight is 277 g/mol. The van der Waals surface area contributed by atoms with E-state index in [0.717, 1.165) is 11.1 Å². The fraction of sp³-hybridized carbons (Fsp3) is 0.154. The fourth-order valence-electron chi connectivity index (χ4n) is 1.66. The molecule has 0 bridgehead atoms. The smallest absolute Gasteiger partial charge is 0.242 e. The molecule has 6 heteroatoms. The zero-order valence-electron chi connectivity index (χ0n) is 10.5. The molecule has 0 radical (unpaired) electrons. The maximum atomic E-state index is 12.1. The molecule has 0 saturated heterocycles. The van der Waals surface area contributed by atoms with E-state index in [-0.39, 0.29) is 17.1 Å². The maximum Gasteiger partial charge on any atom is 0.242 e. The van der Waals surface area contributed by atoms with Crippen LogP contribution in [0.3, 0.4) is 0 Å². The highest BCUT2D eigenvalue weighted by Crippen LogP contribution is 2.17. The molecule has 2 rings (SSSR count). The van der Waals surface area contributed by atoms with E-state index in [1.54, 1.807) is 30.6 Å². The van der Waals surface area contributed by atoms with Crippen LogP contribution in [0, 0.1) is 6.92 Å². The van der Waals surface area contributed by atoms with E-state index in [1.807, 2.05) is 13.0 Å². The van der Waals surface area contributed by atoms with Gasteiger partial charge in [0.25, 0.3) is 0 Å². The van der Waals surface area contributed by atoms with Crippen LogP contribution in [-0.4, -0.2) is 13.4 Å². The van der Waals surface area contributed by atoms with E-state index in [4.69, 9.17) is 5.73 Å². The number of sulfonamides is 1. The lowest BCUT2D eigenvalue weighted by atomic mass is 10.2. The largest absolute Gasteiger partial charge is 0.398 e. The number of hydrogen-bond acceptors (Lipinski definition) is 4. The number of aryl methyl sites for hydroxylation is 1. The second kappa shape index (κ2) is 5.38. The third-order valence-corrected chi connectivity index (χ3v) is 4.28. The van der Waals surface area contributed by atoms with E-state index >= 15 is 0 Å². The van der Waals surface area contributed by atoms with Crippen molar-refractivity contribution in [2.75, 3.05) is 5.73 Å². The summed E-state index contributed by atoms with van der Waals surface area (Å²) in [6.07, 6.45) is 3.31. The monoisotopic (exact) mass is 277 g/mol. The highest BCUT2D eigenvalue weighted by molar-refractivity contribution is 7.89. The second-order valence-electron chi connectivity index (χ2n) is 4.16. The van der Waals surface area contributed by atoms with Crippen molar-refractivity contribution >= 4 is 15.7 Å². The summed E-state index contributed by atoms with van der Waals surface area (Å²) in [4.78, 5) is 4.07. The number of nitrogens with two attached hydrogens (primary N) is 1. The molecule has 0 saturated carbocycles. The van der Waals surface area contributed by atoms with Crippen LogP contribution in [0.15, 0.2) is 47.6 Å². The third kappa shape index (κ3) is 3.10. The first-order chi connectivity index (χ1) is 9.00. The molecule has 100 valence electrons. The molecule has 1 aromatic carbocycles. The first-order valence-corrected chi connectivity index (χ1v) is 7.22. The number of aromatic nitrogens is 1. The number of benzene rings is 1. The summed E-state index contributed by atoms with van der Waals surface area (Å²) in [6, 6.07) is 8.21. The van der Waals surface area contributed by atoms with E-state index in [2.05, 4.69) is 9.71 Å². The first kappa shape index (κ1) is 13.5. The Balaban J connectivity index is 2.20. The van der Waals surface area contributed by atoms with Crippen LogP contribution >= 0.6 is 0 Å². The van der Waals surface area contributed by atoms with Gasteiger partial charge in [0.2, 0.25) is 10.0 Å². The van der Waals surface area contributed by atoms with Crippen LogP contribution in [0.25, 0.3) is 0 Å². The molecule has 0 fully saturated rings. The third-order valence-electron chi connectivity index (χ3n) is 2.81. The minimum Gasteiger partial charge on any atom is -0.398 e. The van der Waals surface area contributed by atoms with Gasteiger partial charge in [-0.1, -0.05) is 12.1 Å². The molecule has 0 aliphatic carbocycles. The minimum absolute atomic E-state index is 0.0940. The van der Waals surface area contributed by atoms with Crippen LogP contribution in [-0.2, 0) is 16.6 Å². The van der Waals surface area contributed by atoms with Crippen molar-refractivity contribution in [2.45, 2.75) is 18.4 Å². The molecule has 3 N–H and O–H groups in total.